The van der Waals surface area contributed by atoms with Gasteiger partial charge in [0.05, 0.1) is 13.2 Å². The molecule has 0 aliphatic rings. The van der Waals surface area contributed by atoms with E-state index in [4.69, 9.17) is 10.6 Å². The van der Waals surface area contributed by atoms with Crippen molar-refractivity contribution >= 4 is 5.95 Å². The molecule has 0 atom stereocenters. The van der Waals surface area contributed by atoms with Gasteiger partial charge in [0.2, 0.25) is 5.95 Å². The Morgan fingerprint density at radius 2 is 2.64 bits per heavy atom. The summed E-state index contributed by atoms with van der Waals surface area (Å²) in [7, 11) is 1.62. The predicted octanol–water partition coefficient (Wildman–Crippen LogP) is -0.869. The van der Waals surface area contributed by atoms with Crippen LogP contribution in [0.1, 0.15) is 0 Å². The zero-order valence-electron chi connectivity index (χ0n) is 6.32. The number of nitrogens with two attached hydrogens (primary N) is 1. The fraction of sp³-hybridized carbons (Fsp3) is 0.600. The Kier molecular flexibility index (Phi) is 2.82. The van der Waals surface area contributed by atoms with Crippen molar-refractivity contribution in [3.8, 4) is 0 Å². The van der Waals surface area contributed by atoms with Crippen LogP contribution in [0.4, 0.5) is 5.95 Å². The summed E-state index contributed by atoms with van der Waals surface area (Å²) in [6, 6.07) is 0. The Balaban J connectivity index is 2.36. The maximum atomic E-state index is 5.55. The maximum absolute atomic E-state index is 5.55. The maximum Gasteiger partial charge on any atom is 0.238 e. The molecule has 0 unspecified atom stereocenters. The molecule has 1 heterocycles. The van der Waals surface area contributed by atoms with E-state index < -0.39 is 0 Å². The van der Waals surface area contributed by atoms with Crippen LogP contribution in [0.25, 0.3) is 0 Å². The summed E-state index contributed by atoms with van der Waals surface area (Å²) in [4.78, 5) is 2.77. The third-order valence-electron chi connectivity index (χ3n) is 1.21. The molecule has 1 rings (SSSR count). The summed E-state index contributed by atoms with van der Waals surface area (Å²) in [5.74, 6) is 6.09. The minimum absolute atomic E-state index is 0.544. The number of H-pyrrole nitrogens is 1. The number of methoxy groups -OCH3 is 1. The SMILES string of the molecule is COCCN(N)c1nnc[nH]1. The van der Waals surface area contributed by atoms with Crippen molar-refractivity contribution in [3.63, 3.8) is 0 Å². The number of nitrogens with one attached hydrogen (secondary N) is 1. The van der Waals surface area contributed by atoms with Gasteiger partial charge in [0.1, 0.15) is 6.33 Å². The van der Waals surface area contributed by atoms with Crippen LogP contribution in [0, 0.1) is 0 Å². The summed E-state index contributed by atoms with van der Waals surface area (Å²) in [5.41, 5.74) is 0. The van der Waals surface area contributed by atoms with Crippen molar-refractivity contribution in [2.75, 3.05) is 25.3 Å². The van der Waals surface area contributed by atoms with E-state index in [1.54, 1.807) is 7.11 Å². The van der Waals surface area contributed by atoms with E-state index in [9.17, 15) is 0 Å². The van der Waals surface area contributed by atoms with E-state index in [0.29, 0.717) is 19.1 Å². The average molecular weight is 157 g/mol. The standard InChI is InChI=1S/C5H11N5O/c1-11-3-2-10(6)5-7-4-8-9-5/h4H,2-3,6H2,1H3,(H,7,8,9). The highest BCUT2D eigenvalue weighted by atomic mass is 16.5. The Morgan fingerprint density at radius 3 is 3.18 bits per heavy atom. The first-order valence-corrected chi connectivity index (χ1v) is 3.22. The molecule has 0 bridgehead atoms. The molecule has 0 aliphatic heterocycles. The molecule has 0 saturated carbocycles. The largest absolute Gasteiger partial charge is 0.383 e. The van der Waals surface area contributed by atoms with Crippen LogP contribution in [0.5, 0.6) is 0 Å². The second-order valence-corrected chi connectivity index (χ2v) is 2.00. The van der Waals surface area contributed by atoms with Gasteiger partial charge in [-0.15, -0.1) is 10.2 Å². The monoisotopic (exact) mass is 157 g/mol. The van der Waals surface area contributed by atoms with Crippen molar-refractivity contribution in [1.82, 2.24) is 15.2 Å². The number of nitrogens with zero attached hydrogens (tertiary/aromatic N) is 3. The first-order chi connectivity index (χ1) is 5.34. The number of hydrogen-bond acceptors (Lipinski definition) is 5. The zero-order valence-corrected chi connectivity index (χ0v) is 6.32. The van der Waals surface area contributed by atoms with Crippen LogP contribution in [0.15, 0.2) is 6.33 Å². The third-order valence-corrected chi connectivity index (χ3v) is 1.21. The number of rotatable bonds is 4. The van der Waals surface area contributed by atoms with Gasteiger partial charge < -0.3 is 9.72 Å². The van der Waals surface area contributed by atoms with Crippen molar-refractivity contribution in [3.05, 3.63) is 6.33 Å². The third kappa shape index (κ3) is 2.17. The lowest BCUT2D eigenvalue weighted by molar-refractivity contribution is 0.205. The number of aromatic nitrogens is 3. The molecule has 0 aromatic carbocycles. The molecule has 1 aromatic heterocycles. The number of ether oxygens (including phenoxy) is 1. The van der Waals surface area contributed by atoms with E-state index in [0.717, 1.165) is 0 Å². The Bertz CT molecular complexity index is 187. The molecular formula is C5H11N5O. The van der Waals surface area contributed by atoms with E-state index in [1.165, 1.54) is 11.3 Å². The van der Waals surface area contributed by atoms with Crippen molar-refractivity contribution < 1.29 is 4.74 Å². The molecule has 3 N–H and O–H groups in total. The van der Waals surface area contributed by atoms with Crippen LogP contribution in [0.2, 0.25) is 0 Å². The normalized spacial score (nSPS) is 10.0. The van der Waals surface area contributed by atoms with Gasteiger partial charge in [-0.1, -0.05) is 0 Å². The fourth-order valence-corrected chi connectivity index (χ4v) is 0.635. The minimum Gasteiger partial charge on any atom is -0.383 e. The summed E-state index contributed by atoms with van der Waals surface area (Å²) >= 11 is 0. The lowest BCUT2D eigenvalue weighted by Gasteiger charge is -2.12. The molecular weight excluding hydrogens is 146 g/mol. The van der Waals surface area contributed by atoms with Crippen LogP contribution in [-0.2, 0) is 4.74 Å². The quantitative estimate of drug-likeness (QED) is 0.438. The van der Waals surface area contributed by atoms with Gasteiger partial charge in [0.15, 0.2) is 0 Å². The lowest BCUT2D eigenvalue weighted by atomic mass is 10.6. The van der Waals surface area contributed by atoms with E-state index in [-0.39, 0.29) is 0 Å². The van der Waals surface area contributed by atoms with E-state index in [2.05, 4.69) is 15.2 Å². The van der Waals surface area contributed by atoms with Gasteiger partial charge in [-0.3, -0.25) is 5.01 Å². The highest BCUT2D eigenvalue weighted by Gasteiger charge is 2.01. The summed E-state index contributed by atoms with van der Waals surface area (Å²) in [6.07, 6.45) is 1.47. The number of anilines is 1. The molecule has 0 amide bonds. The fourth-order valence-electron chi connectivity index (χ4n) is 0.635. The first kappa shape index (κ1) is 7.96. The number of aromatic amines is 1. The second kappa shape index (κ2) is 3.89. The van der Waals surface area contributed by atoms with Crippen LogP contribution in [-0.4, -0.2) is 35.4 Å². The second-order valence-electron chi connectivity index (χ2n) is 2.00. The average Bonchev–Trinajstić information content (AvgIpc) is 2.52. The molecule has 0 radical (unpaired) electrons. The van der Waals surface area contributed by atoms with Gasteiger partial charge in [-0.2, -0.15) is 0 Å². The molecule has 0 spiro atoms. The summed E-state index contributed by atoms with van der Waals surface area (Å²) in [5, 5.41) is 8.73. The van der Waals surface area contributed by atoms with Gasteiger partial charge in [-0.25, -0.2) is 5.84 Å². The molecule has 0 saturated heterocycles. The predicted molar refractivity (Wildman–Crippen MR) is 39.8 cm³/mol. The van der Waals surface area contributed by atoms with Crippen molar-refractivity contribution in [1.29, 1.82) is 0 Å². The van der Waals surface area contributed by atoms with Crippen molar-refractivity contribution in [2.24, 2.45) is 5.84 Å². The van der Waals surface area contributed by atoms with Crippen LogP contribution < -0.4 is 10.9 Å². The van der Waals surface area contributed by atoms with E-state index in [1.807, 2.05) is 0 Å². The van der Waals surface area contributed by atoms with E-state index >= 15 is 0 Å². The molecule has 1 aromatic rings. The zero-order chi connectivity index (χ0) is 8.10. The smallest absolute Gasteiger partial charge is 0.238 e. The highest BCUT2D eigenvalue weighted by molar-refractivity contribution is 5.22. The summed E-state index contributed by atoms with van der Waals surface area (Å²) in [6.45, 7) is 1.16. The van der Waals surface area contributed by atoms with Crippen LogP contribution >= 0.6 is 0 Å². The van der Waals surface area contributed by atoms with Crippen LogP contribution in [0.3, 0.4) is 0 Å². The van der Waals surface area contributed by atoms with Gasteiger partial charge >= 0.3 is 0 Å². The Labute approximate surface area is 64.3 Å². The topological polar surface area (TPSA) is 80.1 Å². The number of hydrazine groups is 1. The molecule has 11 heavy (non-hydrogen) atoms. The van der Waals surface area contributed by atoms with Gasteiger partial charge in [0, 0.05) is 7.11 Å². The number of hydrogen-bond donors (Lipinski definition) is 2. The summed E-state index contributed by atoms with van der Waals surface area (Å²) < 4.78 is 4.83. The van der Waals surface area contributed by atoms with Crippen molar-refractivity contribution in [2.45, 2.75) is 0 Å². The first-order valence-electron chi connectivity index (χ1n) is 3.22. The molecule has 6 heteroatoms. The lowest BCUT2D eigenvalue weighted by Crippen LogP contribution is -2.34. The highest BCUT2D eigenvalue weighted by Crippen LogP contribution is 1.96. The molecule has 6 nitrogen and oxygen atoms in total. The molecule has 0 fully saturated rings. The molecule has 62 valence electrons. The Morgan fingerprint density at radius 1 is 1.82 bits per heavy atom. The minimum atomic E-state index is 0.544. The molecule has 0 aliphatic carbocycles. The van der Waals surface area contributed by atoms with Gasteiger partial charge in [-0.05, 0) is 0 Å². The van der Waals surface area contributed by atoms with Gasteiger partial charge in [0.25, 0.3) is 0 Å². The Hall–Kier alpha value is -1.14.